The lowest BCUT2D eigenvalue weighted by atomic mass is 9.72. The second-order valence-corrected chi connectivity index (χ2v) is 7.98. The maximum Gasteiger partial charge on any atom is 0.319 e. The summed E-state index contributed by atoms with van der Waals surface area (Å²) in [6.07, 6.45) is 0. The number of Topliss-reactive ketones (excluding diaryl/α,β-unsaturated/α-hetero) is 1. The molecule has 2 aliphatic heterocycles. The van der Waals surface area contributed by atoms with Crippen molar-refractivity contribution < 1.29 is 23.9 Å². The van der Waals surface area contributed by atoms with Crippen LogP contribution in [0.2, 0.25) is 0 Å². The van der Waals surface area contributed by atoms with Crippen molar-refractivity contribution in [2.75, 3.05) is 26.3 Å². The molecule has 0 unspecified atom stereocenters. The highest BCUT2D eigenvalue weighted by molar-refractivity contribution is 6.03. The van der Waals surface area contributed by atoms with Gasteiger partial charge >= 0.3 is 5.97 Å². The number of ketones is 1. The molecule has 6 nitrogen and oxygen atoms in total. The molecule has 0 spiro atoms. The molecule has 1 amide bonds. The van der Waals surface area contributed by atoms with E-state index in [0.717, 1.165) is 5.56 Å². The van der Waals surface area contributed by atoms with Crippen LogP contribution >= 0.6 is 0 Å². The summed E-state index contributed by atoms with van der Waals surface area (Å²) >= 11 is 0. The van der Waals surface area contributed by atoms with E-state index in [9.17, 15) is 14.4 Å². The van der Waals surface area contributed by atoms with Gasteiger partial charge in [0.05, 0.1) is 13.2 Å². The fourth-order valence-electron chi connectivity index (χ4n) is 4.21. The Morgan fingerprint density at radius 2 is 1.74 bits per heavy atom. The van der Waals surface area contributed by atoms with Gasteiger partial charge in [-0.05, 0) is 20.8 Å². The molecule has 2 heterocycles. The minimum absolute atomic E-state index is 0.0776. The second kappa shape index (κ2) is 7.43. The maximum absolute atomic E-state index is 13.1. The first-order valence-corrected chi connectivity index (χ1v) is 9.42. The highest BCUT2D eigenvalue weighted by Crippen LogP contribution is 2.43. The Balaban J connectivity index is 1.88. The van der Waals surface area contributed by atoms with Crippen molar-refractivity contribution in [1.82, 2.24) is 4.90 Å². The summed E-state index contributed by atoms with van der Waals surface area (Å²) < 4.78 is 10.8. The van der Waals surface area contributed by atoms with Crippen LogP contribution in [0.3, 0.4) is 0 Å². The number of morpholine rings is 1. The minimum Gasteiger partial charge on any atom is -0.459 e. The van der Waals surface area contributed by atoms with Crippen LogP contribution in [0.15, 0.2) is 24.3 Å². The Morgan fingerprint density at radius 1 is 1.15 bits per heavy atom. The lowest BCUT2D eigenvalue weighted by Gasteiger charge is -2.34. The first-order valence-electron chi connectivity index (χ1n) is 9.42. The molecule has 27 heavy (non-hydrogen) atoms. The van der Waals surface area contributed by atoms with E-state index in [2.05, 4.69) is 0 Å². The zero-order valence-corrected chi connectivity index (χ0v) is 16.4. The summed E-state index contributed by atoms with van der Waals surface area (Å²) in [5, 5.41) is 0. The standard InChI is InChI=1S/C21H27NO5/c1-13-5-7-15(8-6-13)18(23)14(2)17-16(20(25)27-21(17,3)4)19(24)22-9-11-26-12-10-22/h5-8,14,16-17H,9-12H2,1-4H3/t14-,16+,17-/m0/s1. The zero-order chi connectivity index (χ0) is 19.8. The van der Waals surface area contributed by atoms with Gasteiger partial charge in [-0.1, -0.05) is 36.8 Å². The number of amides is 1. The van der Waals surface area contributed by atoms with Crippen LogP contribution in [0.5, 0.6) is 0 Å². The van der Waals surface area contributed by atoms with Crippen LogP contribution in [0.1, 0.15) is 36.7 Å². The van der Waals surface area contributed by atoms with Gasteiger partial charge in [-0.2, -0.15) is 0 Å². The number of nitrogens with zero attached hydrogens (tertiary/aromatic N) is 1. The average Bonchev–Trinajstić information content (AvgIpc) is 2.89. The van der Waals surface area contributed by atoms with Crippen LogP contribution in [0, 0.1) is 24.7 Å². The number of hydrogen-bond donors (Lipinski definition) is 0. The molecule has 0 bridgehead atoms. The van der Waals surface area contributed by atoms with Crippen molar-refractivity contribution in [3.63, 3.8) is 0 Å². The van der Waals surface area contributed by atoms with Gasteiger partial charge < -0.3 is 14.4 Å². The van der Waals surface area contributed by atoms with Crippen molar-refractivity contribution in [3.05, 3.63) is 35.4 Å². The third-order valence-corrected chi connectivity index (χ3v) is 5.66. The molecule has 2 fully saturated rings. The van der Waals surface area contributed by atoms with Gasteiger partial charge in [0.25, 0.3) is 0 Å². The van der Waals surface area contributed by atoms with Crippen LogP contribution in [0.25, 0.3) is 0 Å². The smallest absolute Gasteiger partial charge is 0.319 e. The van der Waals surface area contributed by atoms with Crippen molar-refractivity contribution >= 4 is 17.7 Å². The molecule has 3 rings (SSSR count). The second-order valence-electron chi connectivity index (χ2n) is 7.98. The quantitative estimate of drug-likeness (QED) is 0.460. The largest absolute Gasteiger partial charge is 0.459 e. The molecule has 1 aromatic rings. The number of carbonyl (C=O) groups is 3. The Bertz CT molecular complexity index is 733. The van der Waals surface area contributed by atoms with Gasteiger partial charge in [-0.25, -0.2) is 0 Å². The summed E-state index contributed by atoms with van der Waals surface area (Å²) in [7, 11) is 0. The number of cyclic esters (lactones) is 1. The van der Waals surface area contributed by atoms with Crippen LogP contribution in [-0.4, -0.2) is 54.5 Å². The van der Waals surface area contributed by atoms with Gasteiger partial charge in [0.1, 0.15) is 11.5 Å². The van der Waals surface area contributed by atoms with Crippen LogP contribution in [0.4, 0.5) is 0 Å². The van der Waals surface area contributed by atoms with Gasteiger partial charge in [-0.15, -0.1) is 0 Å². The number of esters is 1. The lowest BCUT2D eigenvalue weighted by Crippen LogP contribution is -2.49. The van der Waals surface area contributed by atoms with E-state index in [1.807, 2.05) is 19.1 Å². The fraction of sp³-hybridized carbons (Fsp3) is 0.571. The molecule has 0 aromatic heterocycles. The minimum atomic E-state index is -0.956. The molecule has 2 saturated heterocycles. The molecule has 6 heteroatoms. The molecule has 2 aliphatic rings. The molecule has 1 aromatic carbocycles. The van der Waals surface area contributed by atoms with Crippen LogP contribution < -0.4 is 0 Å². The normalized spacial score (nSPS) is 25.8. The number of hydrogen-bond acceptors (Lipinski definition) is 5. The Kier molecular flexibility index (Phi) is 5.38. The number of aryl methyl sites for hydroxylation is 1. The molecular formula is C21H27NO5. The summed E-state index contributed by atoms with van der Waals surface area (Å²) in [4.78, 5) is 40.4. The van der Waals surface area contributed by atoms with Crippen molar-refractivity contribution in [2.24, 2.45) is 17.8 Å². The van der Waals surface area contributed by atoms with Crippen molar-refractivity contribution in [2.45, 2.75) is 33.3 Å². The van der Waals surface area contributed by atoms with E-state index in [4.69, 9.17) is 9.47 Å². The zero-order valence-electron chi connectivity index (χ0n) is 16.4. The first kappa shape index (κ1) is 19.5. The highest BCUT2D eigenvalue weighted by Gasteiger charge is 2.57. The number of rotatable bonds is 4. The van der Waals surface area contributed by atoms with Gasteiger partial charge in [0.15, 0.2) is 5.78 Å². The number of benzene rings is 1. The first-order chi connectivity index (χ1) is 12.7. The monoisotopic (exact) mass is 373 g/mol. The van der Waals surface area contributed by atoms with Crippen molar-refractivity contribution in [3.8, 4) is 0 Å². The molecule has 0 saturated carbocycles. The van der Waals surface area contributed by atoms with Gasteiger partial charge in [-0.3, -0.25) is 14.4 Å². The van der Waals surface area contributed by atoms with Gasteiger partial charge in [0, 0.05) is 30.5 Å². The summed E-state index contributed by atoms with van der Waals surface area (Å²) in [5.41, 5.74) is 0.767. The average molecular weight is 373 g/mol. The molecule has 146 valence electrons. The molecule has 3 atom stereocenters. The predicted octanol–water partition coefficient (Wildman–Crippen LogP) is 2.24. The highest BCUT2D eigenvalue weighted by atomic mass is 16.6. The molecular weight excluding hydrogens is 346 g/mol. The topological polar surface area (TPSA) is 72.9 Å². The Labute approximate surface area is 159 Å². The van der Waals surface area contributed by atoms with E-state index in [1.54, 1.807) is 37.8 Å². The molecule has 0 aliphatic carbocycles. The van der Waals surface area contributed by atoms with E-state index >= 15 is 0 Å². The Hall–Kier alpha value is -2.21. The van der Waals surface area contributed by atoms with Crippen LogP contribution in [-0.2, 0) is 19.1 Å². The fourth-order valence-corrected chi connectivity index (χ4v) is 4.21. The van der Waals surface area contributed by atoms with E-state index in [0.29, 0.717) is 31.9 Å². The third-order valence-electron chi connectivity index (χ3n) is 5.66. The van der Waals surface area contributed by atoms with E-state index < -0.39 is 29.3 Å². The number of ether oxygens (including phenoxy) is 2. The van der Waals surface area contributed by atoms with E-state index in [1.165, 1.54) is 0 Å². The van der Waals surface area contributed by atoms with Gasteiger partial charge in [0.2, 0.25) is 5.91 Å². The van der Waals surface area contributed by atoms with Crippen molar-refractivity contribution in [1.29, 1.82) is 0 Å². The lowest BCUT2D eigenvalue weighted by molar-refractivity contribution is -0.153. The Morgan fingerprint density at radius 3 is 2.33 bits per heavy atom. The SMILES string of the molecule is Cc1ccc(C(=O)[C@@H](C)[C@H]2[C@H](C(=O)N3CCOCC3)C(=O)OC2(C)C)cc1. The summed E-state index contributed by atoms with van der Waals surface area (Å²) in [5.74, 6) is -2.88. The van der Waals surface area contributed by atoms with E-state index in [-0.39, 0.29) is 11.7 Å². The third kappa shape index (κ3) is 3.76. The number of carbonyl (C=O) groups excluding carboxylic acids is 3. The summed E-state index contributed by atoms with van der Waals surface area (Å²) in [6, 6.07) is 7.35. The molecule has 0 radical (unpaired) electrons. The maximum atomic E-state index is 13.1. The molecule has 0 N–H and O–H groups in total. The predicted molar refractivity (Wildman–Crippen MR) is 99.2 cm³/mol. The summed E-state index contributed by atoms with van der Waals surface area (Å²) in [6.45, 7) is 9.13.